The largest absolute Gasteiger partial charge is 0.444 e. The van der Waals surface area contributed by atoms with Crippen molar-refractivity contribution in [2.45, 2.75) is 65.4 Å². The Morgan fingerprint density at radius 3 is 1.70 bits per heavy atom. The van der Waals surface area contributed by atoms with Crippen molar-refractivity contribution in [1.82, 2.24) is 5.32 Å². The molecule has 0 saturated carbocycles. The normalized spacial score (nSPS) is 11.6. The summed E-state index contributed by atoms with van der Waals surface area (Å²) in [4.78, 5) is 11.4. The van der Waals surface area contributed by atoms with E-state index in [0.717, 1.165) is 13.0 Å². The molecular weight excluding hydrogens is 350 g/mol. The van der Waals surface area contributed by atoms with E-state index in [1.54, 1.807) is 0 Å². The molecule has 0 aromatic heterocycles. The van der Waals surface area contributed by atoms with Crippen LogP contribution in [-0.2, 0) is 23.7 Å². The first-order valence-electron chi connectivity index (χ1n) is 10.2. The van der Waals surface area contributed by atoms with Crippen LogP contribution in [0, 0.1) is 0 Å². The summed E-state index contributed by atoms with van der Waals surface area (Å²) in [6, 6.07) is 0. The van der Waals surface area contributed by atoms with Crippen LogP contribution in [0.4, 0.5) is 4.79 Å². The quantitative estimate of drug-likeness (QED) is 0.360. The molecule has 0 aliphatic carbocycles. The van der Waals surface area contributed by atoms with Gasteiger partial charge in [-0.2, -0.15) is 0 Å². The second-order valence-electron chi connectivity index (χ2n) is 7.29. The molecule has 0 aromatic rings. The highest BCUT2D eigenvalue weighted by atomic mass is 16.6. The van der Waals surface area contributed by atoms with Gasteiger partial charge in [-0.3, -0.25) is 0 Å². The third kappa shape index (κ3) is 23.1. The van der Waals surface area contributed by atoms with Crippen molar-refractivity contribution in [3.8, 4) is 0 Å². The van der Waals surface area contributed by atoms with E-state index >= 15 is 0 Å². The molecule has 7 heteroatoms. The highest BCUT2D eigenvalue weighted by Gasteiger charge is 2.15. The van der Waals surface area contributed by atoms with E-state index in [2.05, 4.69) is 12.2 Å². The number of nitrogens with one attached hydrogen (secondary N) is 1. The average molecular weight is 392 g/mol. The molecule has 162 valence electrons. The minimum absolute atomic E-state index is 0.413. The van der Waals surface area contributed by atoms with Gasteiger partial charge in [-0.25, -0.2) is 4.79 Å². The molecule has 0 bridgehead atoms. The standard InChI is InChI=1S/C20H41NO6/c1-5-6-7-8-9-11-23-13-15-25-17-18-26-16-14-24-12-10-21-19(22)27-20(2,3)4/h5-18H2,1-4H3,(H,21,22). The van der Waals surface area contributed by atoms with Crippen molar-refractivity contribution in [1.29, 1.82) is 0 Å². The molecule has 0 aromatic carbocycles. The lowest BCUT2D eigenvalue weighted by Gasteiger charge is -2.19. The minimum atomic E-state index is -0.485. The summed E-state index contributed by atoms with van der Waals surface area (Å²) < 4.78 is 26.8. The number of hydrogen-bond donors (Lipinski definition) is 1. The molecule has 0 atom stereocenters. The highest BCUT2D eigenvalue weighted by molar-refractivity contribution is 5.67. The zero-order chi connectivity index (χ0) is 20.2. The van der Waals surface area contributed by atoms with Crippen molar-refractivity contribution in [2.75, 3.05) is 59.4 Å². The van der Waals surface area contributed by atoms with Gasteiger partial charge in [-0.15, -0.1) is 0 Å². The van der Waals surface area contributed by atoms with Gasteiger partial charge in [0.1, 0.15) is 5.60 Å². The summed E-state index contributed by atoms with van der Waals surface area (Å²) in [6.45, 7) is 12.7. The van der Waals surface area contributed by atoms with Crippen LogP contribution >= 0.6 is 0 Å². The van der Waals surface area contributed by atoms with Gasteiger partial charge >= 0.3 is 6.09 Å². The van der Waals surface area contributed by atoms with Gasteiger partial charge < -0.3 is 29.0 Å². The van der Waals surface area contributed by atoms with E-state index in [-0.39, 0.29) is 0 Å². The number of carbonyl (C=O) groups excluding carboxylic acids is 1. The first-order chi connectivity index (χ1) is 13.0. The van der Waals surface area contributed by atoms with Crippen LogP contribution in [0.2, 0.25) is 0 Å². The van der Waals surface area contributed by atoms with Gasteiger partial charge in [0.25, 0.3) is 0 Å². The Bertz CT molecular complexity index is 333. The van der Waals surface area contributed by atoms with Crippen molar-refractivity contribution < 1.29 is 28.5 Å². The lowest BCUT2D eigenvalue weighted by Crippen LogP contribution is -2.34. The lowest BCUT2D eigenvalue weighted by atomic mass is 10.2. The fraction of sp³-hybridized carbons (Fsp3) is 0.950. The molecule has 0 aliphatic rings. The molecule has 0 heterocycles. The second-order valence-corrected chi connectivity index (χ2v) is 7.29. The second kappa shape index (κ2) is 18.5. The molecule has 0 radical (unpaired) electrons. The van der Waals surface area contributed by atoms with Gasteiger partial charge in [0, 0.05) is 13.2 Å². The first kappa shape index (κ1) is 26.1. The Labute approximate surface area is 165 Å². The Hall–Kier alpha value is -0.890. The summed E-state index contributed by atoms with van der Waals surface area (Å²) in [6.07, 6.45) is 5.85. The van der Waals surface area contributed by atoms with Crippen molar-refractivity contribution in [3.05, 3.63) is 0 Å². The topological polar surface area (TPSA) is 75.3 Å². The predicted octanol–water partition coefficient (Wildman–Crippen LogP) is 3.55. The zero-order valence-corrected chi connectivity index (χ0v) is 17.8. The fourth-order valence-corrected chi connectivity index (χ4v) is 2.11. The minimum Gasteiger partial charge on any atom is -0.444 e. The van der Waals surface area contributed by atoms with Crippen LogP contribution in [0.1, 0.15) is 59.8 Å². The summed E-state index contributed by atoms with van der Waals surface area (Å²) in [7, 11) is 0. The number of hydrogen-bond acceptors (Lipinski definition) is 6. The molecule has 0 fully saturated rings. The van der Waals surface area contributed by atoms with Crippen LogP contribution in [0.3, 0.4) is 0 Å². The molecule has 0 saturated heterocycles. The average Bonchev–Trinajstić information content (AvgIpc) is 2.59. The number of alkyl carbamates (subject to hydrolysis) is 1. The number of amides is 1. The predicted molar refractivity (Wildman–Crippen MR) is 106 cm³/mol. The van der Waals surface area contributed by atoms with E-state index in [0.29, 0.717) is 52.8 Å². The molecule has 27 heavy (non-hydrogen) atoms. The van der Waals surface area contributed by atoms with E-state index in [1.807, 2.05) is 20.8 Å². The summed E-state index contributed by atoms with van der Waals surface area (Å²) in [5, 5.41) is 2.63. The van der Waals surface area contributed by atoms with E-state index in [4.69, 9.17) is 23.7 Å². The maximum absolute atomic E-state index is 11.4. The zero-order valence-electron chi connectivity index (χ0n) is 17.8. The van der Waals surface area contributed by atoms with Crippen LogP contribution in [0.25, 0.3) is 0 Å². The van der Waals surface area contributed by atoms with Crippen LogP contribution < -0.4 is 5.32 Å². The molecule has 0 unspecified atom stereocenters. The summed E-state index contributed by atoms with van der Waals surface area (Å²) >= 11 is 0. The number of carbonyl (C=O) groups is 1. The summed E-state index contributed by atoms with van der Waals surface area (Å²) in [5.74, 6) is 0. The number of rotatable bonds is 18. The van der Waals surface area contributed by atoms with Gasteiger partial charge in [0.2, 0.25) is 0 Å². The highest BCUT2D eigenvalue weighted by Crippen LogP contribution is 2.06. The SMILES string of the molecule is CCCCCCCOCCOCCOCCOCCNC(=O)OC(C)(C)C. The maximum Gasteiger partial charge on any atom is 0.407 e. The fourth-order valence-electron chi connectivity index (χ4n) is 2.11. The van der Waals surface area contributed by atoms with Crippen LogP contribution in [-0.4, -0.2) is 71.1 Å². The third-order valence-electron chi connectivity index (χ3n) is 3.42. The Morgan fingerprint density at radius 1 is 0.704 bits per heavy atom. The van der Waals surface area contributed by atoms with Crippen molar-refractivity contribution >= 4 is 6.09 Å². The molecular formula is C20H41NO6. The Balaban J connectivity index is 3.12. The van der Waals surface area contributed by atoms with Crippen LogP contribution in [0.5, 0.6) is 0 Å². The monoisotopic (exact) mass is 391 g/mol. The van der Waals surface area contributed by atoms with Crippen molar-refractivity contribution in [2.24, 2.45) is 0 Å². The van der Waals surface area contributed by atoms with E-state index < -0.39 is 11.7 Å². The lowest BCUT2D eigenvalue weighted by molar-refractivity contribution is -0.00214. The Morgan fingerprint density at radius 2 is 1.19 bits per heavy atom. The first-order valence-corrected chi connectivity index (χ1v) is 10.2. The van der Waals surface area contributed by atoms with Crippen molar-refractivity contribution in [3.63, 3.8) is 0 Å². The van der Waals surface area contributed by atoms with Gasteiger partial charge in [-0.1, -0.05) is 32.6 Å². The smallest absolute Gasteiger partial charge is 0.407 e. The number of unbranched alkanes of at least 4 members (excludes halogenated alkanes) is 4. The van der Waals surface area contributed by atoms with Crippen LogP contribution in [0.15, 0.2) is 0 Å². The molecule has 0 rings (SSSR count). The van der Waals surface area contributed by atoms with E-state index in [1.165, 1.54) is 25.7 Å². The number of ether oxygens (including phenoxy) is 5. The molecule has 1 amide bonds. The Kier molecular flexibility index (Phi) is 17.9. The van der Waals surface area contributed by atoms with Gasteiger partial charge in [0.15, 0.2) is 0 Å². The molecule has 1 N–H and O–H groups in total. The molecule has 0 aliphatic heterocycles. The maximum atomic E-state index is 11.4. The third-order valence-corrected chi connectivity index (χ3v) is 3.42. The summed E-state index contributed by atoms with van der Waals surface area (Å²) in [5.41, 5.74) is -0.485. The van der Waals surface area contributed by atoms with Gasteiger partial charge in [-0.05, 0) is 27.2 Å². The van der Waals surface area contributed by atoms with Gasteiger partial charge in [0.05, 0.1) is 46.2 Å². The molecule has 0 spiro atoms. The van der Waals surface area contributed by atoms with E-state index in [9.17, 15) is 4.79 Å². The molecule has 7 nitrogen and oxygen atoms in total.